The molecule has 2 aromatic rings. The summed E-state index contributed by atoms with van der Waals surface area (Å²) in [7, 11) is 0.0541. The first-order valence-electron chi connectivity index (χ1n) is 9.03. The maximum atomic E-state index is 12.7. The lowest BCUT2D eigenvalue weighted by molar-refractivity contribution is -0.384. The number of likely N-dealkylation sites (N-methyl/N-ethyl adjacent to an activating group) is 1. The van der Waals surface area contributed by atoms with Crippen LogP contribution in [-0.2, 0) is 10.0 Å². The zero-order valence-electron chi connectivity index (χ0n) is 15.9. The lowest BCUT2D eigenvalue weighted by Gasteiger charge is -2.23. The number of nitrogens with zero attached hydrogens (tertiary/aromatic N) is 3. The summed E-state index contributed by atoms with van der Waals surface area (Å²) in [5, 5.41) is 14.6. The summed E-state index contributed by atoms with van der Waals surface area (Å²) in [6.45, 7) is 1.26. The summed E-state index contributed by atoms with van der Waals surface area (Å²) in [5.74, 6) is 0.730. The van der Waals surface area contributed by atoms with Crippen molar-refractivity contribution in [2.24, 2.45) is 0 Å². The molecule has 1 aliphatic rings. The molecule has 10 heteroatoms. The number of nitro groups is 1. The maximum absolute atomic E-state index is 12.7. The van der Waals surface area contributed by atoms with Crippen LogP contribution in [0, 0.1) is 10.1 Å². The fraction of sp³-hybridized carbons (Fsp3) is 0.444. The van der Waals surface area contributed by atoms with Crippen molar-refractivity contribution in [3.63, 3.8) is 0 Å². The molecule has 0 saturated carbocycles. The number of anilines is 1. The SMILES string of the molecule is CN(C)[C@@H](CNc1ccc(S(=O)(=O)N2CCCC2)cc1[N+](=O)[O-])c1ccco1. The summed E-state index contributed by atoms with van der Waals surface area (Å²) in [6, 6.07) is 7.49. The monoisotopic (exact) mass is 408 g/mol. The molecule has 1 atom stereocenters. The molecule has 28 heavy (non-hydrogen) atoms. The fourth-order valence-electron chi connectivity index (χ4n) is 3.28. The van der Waals surface area contributed by atoms with Crippen LogP contribution in [-0.4, -0.2) is 56.3 Å². The van der Waals surface area contributed by atoms with Gasteiger partial charge in [0.05, 0.1) is 22.1 Å². The third-order valence-electron chi connectivity index (χ3n) is 4.85. The van der Waals surface area contributed by atoms with Gasteiger partial charge in [0.15, 0.2) is 0 Å². The largest absolute Gasteiger partial charge is 0.468 e. The minimum absolute atomic E-state index is 0.0538. The van der Waals surface area contributed by atoms with Gasteiger partial charge in [-0.2, -0.15) is 4.31 Å². The van der Waals surface area contributed by atoms with Gasteiger partial charge in [-0.15, -0.1) is 0 Å². The quantitative estimate of drug-likeness (QED) is 0.528. The number of furan rings is 1. The van der Waals surface area contributed by atoms with E-state index in [0.29, 0.717) is 19.6 Å². The Morgan fingerprint density at radius 2 is 2.00 bits per heavy atom. The molecule has 0 bridgehead atoms. The summed E-state index contributed by atoms with van der Waals surface area (Å²) in [4.78, 5) is 12.9. The van der Waals surface area contributed by atoms with Gasteiger partial charge in [-0.1, -0.05) is 0 Å². The molecule has 1 aliphatic heterocycles. The Bertz CT molecular complexity index is 921. The molecule has 1 N–H and O–H groups in total. The minimum Gasteiger partial charge on any atom is -0.468 e. The van der Waals surface area contributed by atoms with Gasteiger partial charge < -0.3 is 9.73 Å². The number of benzene rings is 1. The molecule has 9 nitrogen and oxygen atoms in total. The van der Waals surface area contributed by atoms with E-state index >= 15 is 0 Å². The van der Waals surface area contributed by atoms with E-state index < -0.39 is 14.9 Å². The van der Waals surface area contributed by atoms with Gasteiger partial charge in [0.1, 0.15) is 11.4 Å². The fourth-order valence-corrected chi connectivity index (χ4v) is 4.81. The van der Waals surface area contributed by atoms with Crippen molar-refractivity contribution in [2.75, 3.05) is 39.0 Å². The van der Waals surface area contributed by atoms with E-state index in [1.54, 1.807) is 12.3 Å². The van der Waals surface area contributed by atoms with Crippen LogP contribution < -0.4 is 5.32 Å². The first-order valence-corrected chi connectivity index (χ1v) is 10.5. The van der Waals surface area contributed by atoms with Crippen LogP contribution >= 0.6 is 0 Å². The molecule has 1 saturated heterocycles. The Hall–Kier alpha value is -2.43. The second-order valence-corrected chi connectivity index (χ2v) is 8.86. The number of hydrogen-bond acceptors (Lipinski definition) is 7. The van der Waals surface area contributed by atoms with Crippen molar-refractivity contribution in [1.82, 2.24) is 9.21 Å². The van der Waals surface area contributed by atoms with E-state index in [1.807, 2.05) is 25.1 Å². The zero-order chi connectivity index (χ0) is 20.3. The Kier molecular flexibility index (Phi) is 6.01. The highest BCUT2D eigenvalue weighted by atomic mass is 32.2. The first kappa shape index (κ1) is 20.3. The smallest absolute Gasteiger partial charge is 0.293 e. The Morgan fingerprint density at radius 1 is 1.29 bits per heavy atom. The van der Waals surface area contributed by atoms with E-state index in [-0.39, 0.29) is 22.3 Å². The lowest BCUT2D eigenvalue weighted by atomic mass is 10.2. The van der Waals surface area contributed by atoms with Crippen molar-refractivity contribution in [1.29, 1.82) is 0 Å². The lowest BCUT2D eigenvalue weighted by Crippen LogP contribution is -2.28. The van der Waals surface area contributed by atoms with Crippen LogP contribution in [0.2, 0.25) is 0 Å². The highest BCUT2D eigenvalue weighted by Gasteiger charge is 2.29. The Balaban J connectivity index is 1.84. The summed E-state index contributed by atoms with van der Waals surface area (Å²) >= 11 is 0. The maximum Gasteiger partial charge on any atom is 0.293 e. The number of rotatable bonds is 8. The zero-order valence-corrected chi connectivity index (χ0v) is 16.7. The van der Waals surface area contributed by atoms with Crippen molar-refractivity contribution in [2.45, 2.75) is 23.8 Å². The molecule has 1 aromatic heterocycles. The highest BCUT2D eigenvalue weighted by molar-refractivity contribution is 7.89. The molecule has 0 unspecified atom stereocenters. The van der Waals surface area contributed by atoms with Gasteiger partial charge in [0.25, 0.3) is 5.69 Å². The summed E-state index contributed by atoms with van der Waals surface area (Å²) in [5.41, 5.74) is 0.000927. The van der Waals surface area contributed by atoms with E-state index in [2.05, 4.69) is 5.32 Å². The predicted octanol–water partition coefficient (Wildman–Crippen LogP) is 2.69. The van der Waals surface area contributed by atoms with E-state index in [1.165, 1.54) is 16.4 Å². The molecule has 152 valence electrons. The van der Waals surface area contributed by atoms with E-state index in [9.17, 15) is 18.5 Å². The number of nitrogens with one attached hydrogen (secondary N) is 1. The Morgan fingerprint density at radius 3 is 2.57 bits per heavy atom. The molecule has 0 aliphatic carbocycles. The highest BCUT2D eigenvalue weighted by Crippen LogP contribution is 2.31. The third kappa shape index (κ3) is 4.18. The van der Waals surface area contributed by atoms with Crippen molar-refractivity contribution in [3.05, 3.63) is 52.5 Å². The normalized spacial score (nSPS) is 16.4. The van der Waals surface area contributed by atoms with Crippen LogP contribution in [0.5, 0.6) is 0 Å². The average molecular weight is 408 g/mol. The van der Waals surface area contributed by atoms with Gasteiger partial charge in [0, 0.05) is 25.7 Å². The van der Waals surface area contributed by atoms with E-state index in [0.717, 1.165) is 24.7 Å². The number of nitro benzene ring substituents is 1. The summed E-state index contributed by atoms with van der Waals surface area (Å²) in [6.07, 6.45) is 3.19. The molecule has 3 rings (SSSR count). The van der Waals surface area contributed by atoms with Gasteiger partial charge in [0.2, 0.25) is 10.0 Å². The van der Waals surface area contributed by atoms with Crippen LogP contribution in [0.3, 0.4) is 0 Å². The second-order valence-electron chi connectivity index (χ2n) is 6.92. The van der Waals surface area contributed by atoms with Crippen molar-refractivity contribution >= 4 is 21.4 Å². The molecule has 1 aromatic carbocycles. The van der Waals surface area contributed by atoms with Crippen LogP contribution in [0.15, 0.2) is 45.9 Å². The van der Waals surface area contributed by atoms with E-state index in [4.69, 9.17) is 4.42 Å². The van der Waals surface area contributed by atoms with Gasteiger partial charge in [-0.3, -0.25) is 15.0 Å². The first-order chi connectivity index (χ1) is 13.3. The van der Waals surface area contributed by atoms with Gasteiger partial charge in [-0.05, 0) is 51.2 Å². The van der Waals surface area contributed by atoms with Crippen LogP contribution in [0.25, 0.3) is 0 Å². The molecule has 1 fully saturated rings. The van der Waals surface area contributed by atoms with Gasteiger partial charge >= 0.3 is 0 Å². The summed E-state index contributed by atoms with van der Waals surface area (Å²) < 4.78 is 32.2. The topological polar surface area (TPSA) is 109 Å². The molecule has 0 spiro atoms. The molecular formula is C18H24N4O5S. The molecule has 0 amide bonds. The molecule has 2 heterocycles. The number of sulfonamides is 1. The predicted molar refractivity (Wildman–Crippen MR) is 105 cm³/mol. The number of hydrogen-bond donors (Lipinski definition) is 1. The van der Waals surface area contributed by atoms with Crippen molar-refractivity contribution in [3.8, 4) is 0 Å². The Labute approximate surface area is 164 Å². The third-order valence-corrected chi connectivity index (χ3v) is 6.74. The molecule has 0 radical (unpaired) electrons. The minimum atomic E-state index is -3.71. The van der Waals surface area contributed by atoms with Crippen LogP contribution in [0.1, 0.15) is 24.6 Å². The van der Waals surface area contributed by atoms with Crippen LogP contribution in [0.4, 0.5) is 11.4 Å². The average Bonchev–Trinajstić information content (AvgIpc) is 3.36. The van der Waals surface area contributed by atoms with Gasteiger partial charge in [-0.25, -0.2) is 8.42 Å². The van der Waals surface area contributed by atoms with Crippen molar-refractivity contribution < 1.29 is 17.8 Å². The standard InChI is InChI=1S/C18H24N4O5S/c1-20(2)17(18-6-5-11-27-18)13-19-15-8-7-14(12-16(15)22(23)24)28(25,26)21-9-3-4-10-21/h5-8,11-12,17,19H,3-4,9-10,13H2,1-2H3/t17-/m0/s1. The molecular weight excluding hydrogens is 384 g/mol. The second kappa shape index (κ2) is 8.29.